The third-order valence-electron chi connectivity index (χ3n) is 5.17. The van der Waals surface area contributed by atoms with Crippen LogP contribution in [-0.2, 0) is 20.3 Å². The first kappa shape index (κ1) is 24.4. The lowest BCUT2D eigenvalue weighted by atomic mass is 9.98. The Morgan fingerprint density at radius 3 is 2.52 bits per heavy atom. The monoisotopic (exact) mass is 473 g/mol. The summed E-state index contributed by atoms with van der Waals surface area (Å²) in [6.45, 7) is 3.83. The second-order valence-electron chi connectivity index (χ2n) is 8.03. The summed E-state index contributed by atoms with van der Waals surface area (Å²) in [5, 5.41) is 21.7. The van der Waals surface area contributed by atoms with Gasteiger partial charge in [0.05, 0.1) is 28.4 Å². The highest BCUT2D eigenvalue weighted by molar-refractivity contribution is 7.89. The van der Waals surface area contributed by atoms with Crippen LogP contribution in [-0.4, -0.2) is 48.7 Å². The maximum atomic E-state index is 12.9. The lowest BCUT2D eigenvalue weighted by Crippen LogP contribution is -2.41. The van der Waals surface area contributed by atoms with Crippen LogP contribution in [0.25, 0.3) is 11.1 Å². The van der Waals surface area contributed by atoms with E-state index < -0.39 is 27.7 Å². The number of sulfonamides is 1. The Morgan fingerprint density at radius 1 is 1.18 bits per heavy atom. The molecule has 0 aliphatic heterocycles. The van der Waals surface area contributed by atoms with Crippen LogP contribution in [0.4, 0.5) is 4.79 Å². The molecule has 4 N–H and O–H groups in total. The zero-order valence-electron chi connectivity index (χ0n) is 18.6. The Kier molecular flexibility index (Phi) is 7.46. The van der Waals surface area contributed by atoms with Crippen LogP contribution in [0, 0.1) is 0 Å². The summed E-state index contributed by atoms with van der Waals surface area (Å²) in [5.41, 5.74) is 2.04. The summed E-state index contributed by atoms with van der Waals surface area (Å²) in [6.07, 6.45) is 0.839. The number of ether oxygens (including phenoxy) is 1. The van der Waals surface area contributed by atoms with Gasteiger partial charge in [0.1, 0.15) is 0 Å². The van der Waals surface area contributed by atoms with Gasteiger partial charge in [0.15, 0.2) is 0 Å². The van der Waals surface area contributed by atoms with Crippen LogP contribution in [0.3, 0.4) is 0 Å². The molecule has 0 fully saturated rings. The molecule has 1 heterocycles. The van der Waals surface area contributed by atoms with Crippen LogP contribution in [0.5, 0.6) is 0 Å². The average Bonchev–Trinajstić information content (AvgIpc) is 3.32. The van der Waals surface area contributed by atoms with Crippen molar-refractivity contribution in [1.82, 2.24) is 25.4 Å². The third kappa shape index (κ3) is 6.15. The zero-order chi connectivity index (χ0) is 24.1. The van der Waals surface area contributed by atoms with Gasteiger partial charge in [-0.2, -0.15) is 4.72 Å². The molecule has 0 radical (unpaired) electrons. The van der Waals surface area contributed by atoms with Crippen molar-refractivity contribution in [3.8, 4) is 11.1 Å². The fourth-order valence-corrected chi connectivity index (χ4v) is 4.81. The standard InChI is InChI=1S/C22H27N5O5S/c1-22(2,20-14-23-27-25-20)26-33(30,31)18-9-7-15(8-10-18)16-5-4-6-17(13-16)19(11-12-32-3)24-21(28)29/h4-10,13-14,19,24,26H,11-12H2,1-3H3,(H,28,29)(H,23,25,27). The Morgan fingerprint density at radius 2 is 1.91 bits per heavy atom. The lowest BCUT2D eigenvalue weighted by molar-refractivity contribution is 0.170. The molecule has 3 aromatic rings. The molecule has 0 spiro atoms. The van der Waals surface area contributed by atoms with E-state index in [0.717, 1.165) is 16.7 Å². The lowest BCUT2D eigenvalue weighted by Gasteiger charge is -2.24. The molecule has 11 heteroatoms. The quantitative estimate of drug-likeness (QED) is 0.354. The maximum Gasteiger partial charge on any atom is 0.405 e. The minimum atomic E-state index is -3.80. The Balaban J connectivity index is 1.82. The summed E-state index contributed by atoms with van der Waals surface area (Å²) in [5.74, 6) is 0. The minimum absolute atomic E-state index is 0.119. The minimum Gasteiger partial charge on any atom is -0.465 e. The molecule has 1 unspecified atom stereocenters. The second-order valence-corrected chi connectivity index (χ2v) is 9.72. The van der Waals surface area contributed by atoms with E-state index in [2.05, 4.69) is 25.4 Å². The largest absolute Gasteiger partial charge is 0.465 e. The number of carboxylic acid groups (broad SMARTS) is 1. The van der Waals surface area contributed by atoms with Crippen molar-refractivity contribution < 1.29 is 23.1 Å². The molecule has 1 atom stereocenters. The van der Waals surface area contributed by atoms with Crippen LogP contribution in [0.2, 0.25) is 0 Å². The molecule has 0 bridgehead atoms. The fraction of sp³-hybridized carbons (Fsp3) is 0.318. The van der Waals surface area contributed by atoms with E-state index in [0.29, 0.717) is 18.7 Å². The van der Waals surface area contributed by atoms with E-state index in [1.54, 1.807) is 33.1 Å². The molecule has 2 aromatic carbocycles. The molecule has 3 rings (SSSR count). The van der Waals surface area contributed by atoms with E-state index in [4.69, 9.17) is 9.84 Å². The van der Waals surface area contributed by atoms with E-state index >= 15 is 0 Å². The molecule has 33 heavy (non-hydrogen) atoms. The second kappa shape index (κ2) is 10.1. The number of H-pyrrole nitrogens is 1. The van der Waals surface area contributed by atoms with Crippen molar-refractivity contribution in [2.24, 2.45) is 0 Å². The van der Waals surface area contributed by atoms with Gasteiger partial charge in [0.2, 0.25) is 10.0 Å². The number of hydrogen-bond acceptors (Lipinski definition) is 6. The van der Waals surface area contributed by atoms with Crippen LogP contribution in [0.1, 0.15) is 37.6 Å². The molecular formula is C22H27N5O5S. The first-order chi connectivity index (χ1) is 15.6. The summed E-state index contributed by atoms with van der Waals surface area (Å²) in [6, 6.07) is 13.5. The SMILES string of the molecule is COCCC(NC(=O)O)c1cccc(-c2ccc(S(=O)(=O)NC(C)(C)c3cnn[nH]3)cc2)c1. The van der Waals surface area contributed by atoms with Gasteiger partial charge in [-0.1, -0.05) is 35.5 Å². The highest BCUT2D eigenvalue weighted by atomic mass is 32.2. The summed E-state index contributed by atoms with van der Waals surface area (Å²) in [7, 11) is -2.24. The molecule has 0 aliphatic carbocycles. The molecule has 10 nitrogen and oxygen atoms in total. The normalized spacial score (nSPS) is 12.9. The van der Waals surface area contributed by atoms with Gasteiger partial charge in [0.25, 0.3) is 0 Å². The summed E-state index contributed by atoms with van der Waals surface area (Å²) < 4.78 is 33.5. The van der Waals surface area contributed by atoms with Crippen molar-refractivity contribution in [3.05, 3.63) is 66.0 Å². The first-order valence-electron chi connectivity index (χ1n) is 10.2. The number of aromatic nitrogens is 3. The molecule has 0 saturated heterocycles. The van der Waals surface area contributed by atoms with Gasteiger partial charge in [-0.05, 0) is 55.2 Å². The van der Waals surface area contributed by atoms with Crippen molar-refractivity contribution in [1.29, 1.82) is 0 Å². The van der Waals surface area contributed by atoms with Gasteiger partial charge in [-0.3, -0.25) is 5.10 Å². The maximum absolute atomic E-state index is 12.9. The predicted octanol–water partition coefficient (Wildman–Crippen LogP) is 3.03. The van der Waals surface area contributed by atoms with Crippen molar-refractivity contribution in [3.63, 3.8) is 0 Å². The Hall–Kier alpha value is -3.28. The smallest absolute Gasteiger partial charge is 0.405 e. The van der Waals surface area contributed by atoms with E-state index in [9.17, 15) is 13.2 Å². The molecule has 1 amide bonds. The van der Waals surface area contributed by atoms with Gasteiger partial charge >= 0.3 is 6.09 Å². The van der Waals surface area contributed by atoms with Crippen LogP contribution in [0.15, 0.2) is 59.6 Å². The molecule has 0 aliphatic rings. The van der Waals surface area contributed by atoms with Crippen LogP contribution >= 0.6 is 0 Å². The van der Waals surface area contributed by atoms with Crippen molar-refractivity contribution >= 4 is 16.1 Å². The number of amides is 1. The number of benzene rings is 2. The Bertz CT molecular complexity index is 1180. The van der Waals surface area contributed by atoms with Gasteiger partial charge in [-0.15, -0.1) is 5.10 Å². The summed E-state index contributed by atoms with van der Waals surface area (Å²) >= 11 is 0. The number of aromatic amines is 1. The third-order valence-corrected chi connectivity index (χ3v) is 6.84. The zero-order valence-corrected chi connectivity index (χ0v) is 19.4. The highest BCUT2D eigenvalue weighted by Crippen LogP contribution is 2.27. The number of methoxy groups -OCH3 is 1. The van der Waals surface area contributed by atoms with Crippen molar-refractivity contribution in [2.75, 3.05) is 13.7 Å². The first-order valence-corrected chi connectivity index (χ1v) is 11.7. The molecular weight excluding hydrogens is 446 g/mol. The number of rotatable bonds is 10. The Labute approximate surface area is 192 Å². The number of nitrogens with one attached hydrogen (secondary N) is 3. The molecule has 1 aromatic heterocycles. The van der Waals surface area contributed by atoms with E-state index in [-0.39, 0.29) is 4.90 Å². The number of hydrogen-bond donors (Lipinski definition) is 4. The van der Waals surface area contributed by atoms with E-state index in [1.807, 2.05) is 24.3 Å². The average molecular weight is 474 g/mol. The molecule has 176 valence electrons. The fourth-order valence-electron chi connectivity index (χ4n) is 3.42. The number of nitrogens with zero attached hydrogens (tertiary/aromatic N) is 2. The van der Waals surface area contributed by atoms with Gasteiger partial charge in [0, 0.05) is 13.7 Å². The van der Waals surface area contributed by atoms with Crippen LogP contribution < -0.4 is 10.0 Å². The van der Waals surface area contributed by atoms with E-state index in [1.165, 1.54) is 18.3 Å². The molecule has 0 saturated carbocycles. The highest BCUT2D eigenvalue weighted by Gasteiger charge is 2.29. The van der Waals surface area contributed by atoms with Gasteiger partial charge < -0.3 is 15.2 Å². The number of carbonyl (C=O) groups is 1. The predicted molar refractivity (Wildman–Crippen MR) is 122 cm³/mol. The van der Waals surface area contributed by atoms with Crippen molar-refractivity contribution in [2.45, 2.75) is 36.7 Å². The summed E-state index contributed by atoms with van der Waals surface area (Å²) in [4.78, 5) is 11.3. The topological polar surface area (TPSA) is 146 Å². The van der Waals surface area contributed by atoms with Gasteiger partial charge in [-0.25, -0.2) is 13.2 Å².